The summed E-state index contributed by atoms with van der Waals surface area (Å²) in [5.74, 6) is -0.192. The summed E-state index contributed by atoms with van der Waals surface area (Å²) in [7, 11) is 0. The van der Waals surface area contributed by atoms with Gasteiger partial charge in [-0.05, 0) is 19.8 Å². The van der Waals surface area contributed by atoms with Crippen LogP contribution in [0.2, 0.25) is 0 Å². The van der Waals surface area contributed by atoms with Crippen molar-refractivity contribution < 1.29 is 14.6 Å². The molecule has 82 valence electrons. The highest BCUT2D eigenvalue weighted by atomic mass is 16.5. The third-order valence-electron chi connectivity index (χ3n) is 2.49. The Bertz CT molecular complexity index is 202. The van der Waals surface area contributed by atoms with Crippen molar-refractivity contribution in [2.24, 2.45) is 5.73 Å². The van der Waals surface area contributed by atoms with Crippen molar-refractivity contribution in [3.8, 4) is 0 Å². The summed E-state index contributed by atoms with van der Waals surface area (Å²) in [6.45, 7) is 2.72. The van der Waals surface area contributed by atoms with Gasteiger partial charge in [-0.2, -0.15) is 0 Å². The molecule has 1 fully saturated rings. The minimum atomic E-state index is -0.818. The zero-order valence-corrected chi connectivity index (χ0v) is 8.45. The molecule has 0 saturated carbocycles. The van der Waals surface area contributed by atoms with Crippen molar-refractivity contribution in [1.29, 1.82) is 0 Å². The number of ether oxygens (including phenoxy) is 1. The van der Waals surface area contributed by atoms with Crippen LogP contribution in [0, 0.1) is 0 Å². The van der Waals surface area contributed by atoms with Gasteiger partial charge < -0.3 is 20.9 Å². The molecule has 1 aliphatic rings. The molecule has 0 aromatic heterocycles. The summed E-state index contributed by atoms with van der Waals surface area (Å²) in [5, 5.41) is 11.5. The number of amides is 1. The summed E-state index contributed by atoms with van der Waals surface area (Å²) >= 11 is 0. The SMILES string of the molecule is CC(CO)NC(=O)C1(N)CCOCC1. The molecule has 1 amide bonds. The molecule has 0 aromatic carbocycles. The standard InChI is InChI=1S/C9H18N2O3/c1-7(6-12)11-8(13)9(10)2-4-14-5-3-9/h7,12H,2-6,10H2,1H3,(H,11,13). The summed E-state index contributed by atoms with van der Waals surface area (Å²) in [5.41, 5.74) is 5.11. The van der Waals surface area contributed by atoms with E-state index >= 15 is 0 Å². The molecule has 1 rings (SSSR count). The summed E-state index contributed by atoms with van der Waals surface area (Å²) < 4.78 is 5.14. The molecule has 0 aliphatic carbocycles. The first-order chi connectivity index (χ1) is 6.58. The quantitative estimate of drug-likeness (QED) is 0.547. The monoisotopic (exact) mass is 202 g/mol. The number of nitrogens with two attached hydrogens (primary N) is 1. The molecular formula is C9H18N2O3. The Morgan fingerprint density at radius 1 is 1.64 bits per heavy atom. The Morgan fingerprint density at radius 2 is 2.21 bits per heavy atom. The van der Waals surface area contributed by atoms with Gasteiger partial charge in [-0.15, -0.1) is 0 Å². The Morgan fingerprint density at radius 3 is 2.71 bits per heavy atom. The van der Waals surface area contributed by atoms with Gasteiger partial charge in [0.2, 0.25) is 5.91 Å². The maximum Gasteiger partial charge on any atom is 0.240 e. The van der Waals surface area contributed by atoms with Crippen LogP contribution in [0.25, 0.3) is 0 Å². The molecule has 14 heavy (non-hydrogen) atoms. The van der Waals surface area contributed by atoms with Gasteiger partial charge in [0.05, 0.1) is 12.1 Å². The number of hydrogen-bond acceptors (Lipinski definition) is 4. The first-order valence-electron chi connectivity index (χ1n) is 4.87. The lowest BCUT2D eigenvalue weighted by Crippen LogP contribution is -2.58. The highest BCUT2D eigenvalue weighted by molar-refractivity contribution is 5.86. The number of rotatable bonds is 3. The average molecular weight is 202 g/mol. The lowest BCUT2D eigenvalue weighted by molar-refractivity contribution is -0.130. The molecule has 0 spiro atoms. The Balaban J connectivity index is 2.49. The number of carbonyl (C=O) groups excluding carboxylic acids is 1. The maximum absolute atomic E-state index is 11.7. The Hall–Kier alpha value is -0.650. The number of hydrogen-bond donors (Lipinski definition) is 3. The van der Waals surface area contributed by atoms with E-state index in [1.165, 1.54) is 0 Å². The van der Waals surface area contributed by atoms with Crippen LogP contribution in [-0.2, 0) is 9.53 Å². The third kappa shape index (κ3) is 2.67. The average Bonchev–Trinajstić information content (AvgIpc) is 2.18. The van der Waals surface area contributed by atoms with Gasteiger partial charge >= 0.3 is 0 Å². The number of nitrogens with one attached hydrogen (secondary N) is 1. The van der Waals surface area contributed by atoms with Crippen molar-refractivity contribution in [3.63, 3.8) is 0 Å². The fourth-order valence-electron chi connectivity index (χ4n) is 1.38. The molecule has 0 bridgehead atoms. The van der Waals surface area contributed by atoms with E-state index in [-0.39, 0.29) is 18.6 Å². The Labute approximate surface area is 83.6 Å². The van der Waals surface area contributed by atoms with Crippen LogP contribution < -0.4 is 11.1 Å². The molecule has 5 nitrogen and oxygen atoms in total. The first-order valence-corrected chi connectivity index (χ1v) is 4.87. The van der Waals surface area contributed by atoms with Crippen LogP contribution in [0.3, 0.4) is 0 Å². The van der Waals surface area contributed by atoms with E-state index in [1.54, 1.807) is 6.92 Å². The second-order valence-corrected chi connectivity index (χ2v) is 3.83. The van der Waals surface area contributed by atoms with Crippen LogP contribution in [0.5, 0.6) is 0 Å². The van der Waals surface area contributed by atoms with E-state index in [1.807, 2.05) is 0 Å². The molecule has 0 aromatic rings. The van der Waals surface area contributed by atoms with Crippen LogP contribution >= 0.6 is 0 Å². The smallest absolute Gasteiger partial charge is 0.240 e. The van der Waals surface area contributed by atoms with Gasteiger partial charge in [0.1, 0.15) is 0 Å². The first kappa shape index (κ1) is 11.4. The maximum atomic E-state index is 11.7. The van der Waals surface area contributed by atoms with Crippen LogP contribution in [0.4, 0.5) is 0 Å². The number of aliphatic hydroxyl groups excluding tert-OH is 1. The second kappa shape index (κ2) is 4.72. The molecule has 1 aliphatic heterocycles. The summed E-state index contributed by atoms with van der Waals surface area (Å²) in [4.78, 5) is 11.7. The van der Waals surface area contributed by atoms with Gasteiger partial charge in [-0.25, -0.2) is 0 Å². The highest BCUT2D eigenvalue weighted by Crippen LogP contribution is 2.17. The fraction of sp³-hybridized carbons (Fsp3) is 0.889. The van der Waals surface area contributed by atoms with Crippen molar-refractivity contribution in [3.05, 3.63) is 0 Å². The molecule has 1 atom stereocenters. The number of carbonyl (C=O) groups is 1. The lowest BCUT2D eigenvalue weighted by Gasteiger charge is -2.32. The van der Waals surface area contributed by atoms with E-state index in [2.05, 4.69) is 5.32 Å². The highest BCUT2D eigenvalue weighted by Gasteiger charge is 2.36. The zero-order valence-electron chi connectivity index (χ0n) is 8.45. The summed E-state index contributed by atoms with van der Waals surface area (Å²) in [6.07, 6.45) is 1.08. The van der Waals surface area contributed by atoms with Crippen molar-refractivity contribution in [2.45, 2.75) is 31.3 Å². The fourth-order valence-corrected chi connectivity index (χ4v) is 1.38. The Kier molecular flexibility index (Phi) is 3.86. The minimum Gasteiger partial charge on any atom is -0.394 e. The van der Waals surface area contributed by atoms with Crippen LogP contribution in [0.1, 0.15) is 19.8 Å². The third-order valence-corrected chi connectivity index (χ3v) is 2.49. The normalized spacial score (nSPS) is 22.8. The number of aliphatic hydroxyl groups is 1. The minimum absolute atomic E-state index is 0.0711. The van der Waals surface area contributed by atoms with Gasteiger partial charge in [-0.3, -0.25) is 4.79 Å². The van der Waals surface area contributed by atoms with Crippen molar-refractivity contribution in [2.75, 3.05) is 19.8 Å². The van der Waals surface area contributed by atoms with E-state index in [9.17, 15) is 4.79 Å². The molecule has 0 radical (unpaired) electrons. The van der Waals surface area contributed by atoms with Gasteiger partial charge in [-0.1, -0.05) is 0 Å². The van der Waals surface area contributed by atoms with Crippen molar-refractivity contribution in [1.82, 2.24) is 5.32 Å². The molecule has 1 saturated heterocycles. The molecule has 4 N–H and O–H groups in total. The zero-order chi connectivity index (χ0) is 10.6. The molecule has 1 heterocycles. The predicted octanol–water partition coefficient (Wildman–Crippen LogP) is -1.01. The topological polar surface area (TPSA) is 84.6 Å². The second-order valence-electron chi connectivity index (χ2n) is 3.83. The molecular weight excluding hydrogens is 184 g/mol. The predicted molar refractivity (Wildman–Crippen MR) is 51.7 cm³/mol. The van der Waals surface area contributed by atoms with Gasteiger partial charge in [0.25, 0.3) is 0 Å². The van der Waals surface area contributed by atoms with Crippen molar-refractivity contribution >= 4 is 5.91 Å². The van der Waals surface area contributed by atoms with Crippen LogP contribution in [-0.4, -0.2) is 42.4 Å². The van der Waals surface area contributed by atoms with E-state index in [4.69, 9.17) is 15.6 Å². The van der Waals surface area contributed by atoms with Crippen LogP contribution in [0.15, 0.2) is 0 Å². The van der Waals surface area contributed by atoms with E-state index in [0.29, 0.717) is 26.1 Å². The van der Waals surface area contributed by atoms with E-state index < -0.39 is 5.54 Å². The van der Waals surface area contributed by atoms with Gasteiger partial charge in [0, 0.05) is 19.3 Å². The molecule has 5 heteroatoms. The lowest BCUT2D eigenvalue weighted by atomic mass is 9.90. The largest absolute Gasteiger partial charge is 0.394 e. The molecule has 1 unspecified atom stereocenters. The summed E-state index contributed by atoms with van der Waals surface area (Å²) in [6, 6.07) is -0.245. The van der Waals surface area contributed by atoms with Gasteiger partial charge in [0.15, 0.2) is 0 Å². The van der Waals surface area contributed by atoms with E-state index in [0.717, 1.165) is 0 Å².